The van der Waals surface area contributed by atoms with Crippen molar-refractivity contribution in [1.29, 1.82) is 0 Å². The Morgan fingerprint density at radius 3 is 2.45 bits per heavy atom. The second-order valence-electron chi connectivity index (χ2n) is 8.35. The van der Waals surface area contributed by atoms with Gasteiger partial charge in [0.2, 0.25) is 5.69 Å². The van der Waals surface area contributed by atoms with Gasteiger partial charge in [-0.3, -0.25) is 4.79 Å². The molecule has 33 heavy (non-hydrogen) atoms. The highest BCUT2D eigenvalue weighted by molar-refractivity contribution is 5.98. The number of hydrogen-bond donors (Lipinski definition) is 4. The average molecular weight is 473 g/mol. The van der Waals surface area contributed by atoms with Crippen LogP contribution >= 0.6 is 0 Å². The summed E-state index contributed by atoms with van der Waals surface area (Å²) in [7, 11) is 0. The summed E-state index contributed by atoms with van der Waals surface area (Å²) >= 11 is 0. The number of ether oxygens (including phenoxy) is 1. The number of fused-ring (bicyclic) bond motifs is 1. The largest absolute Gasteiger partial charge is 0.542 e. The minimum absolute atomic E-state index is 0.104. The maximum Gasteiger partial charge on any atom is 0.457 e. The van der Waals surface area contributed by atoms with Gasteiger partial charge in [0.1, 0.15) is 25.3 Å². The third-order valence-electron chi connectivity index (χ3n) is 6.11. The highest BCUT2D eigenvalue weighted by atomic mass is 19.4. The molecule has 0 bridgehead atoms. The van der Waals surface area contributed by atoms with Crippen LogP contribution in [0.3, 0.4) is 0 Å². The van der Waals surface area contributed by atoms with Crippen LogP contribution in [0.5, 0.6) is 0 Å². The first-order valence-corrected chi connectivity index (χ1v) is 10.8. The summed E-state index contributed by atoms with van der Waals surface area (Å²) < 4.78 is 39.1. The lowest BCUT2D eigenvalue weighted by Gasteiger charge is -2.26. The topological polar surface area (TPSA) is 123 Å². The Morgan fingerprint density at radius 2 is 1.88 bits per heavy atom. The number of quaternary nitrogens is 1. The molecule has 2 aromatic heterocycles. The first-order valence-electron chi connectivity index (χ1n) is 10.8. The number of aromatic amines is 1. The molecule has 1 aliphatic heterocycles. The van der Waals surface area contributed by atoms with Crippen molar-refractivity contribution in [2.45, 2.75) is 31.9 Å². The molecule has 3 heterocycles. The molecule has 0 radical (unpaired) electrons. The SMILES string of the molecule is O=C(NCC1(CO)CCCC1)c1[nH]c([NH+]2CCOCC2)[n+]2ccccc12.O=C([O-])C(F)(F)F. The number of halogens is 3. The maximum absolute atomic E-state index is 12.9. The lowest BCUT2D eigenvalue weighted by Crippen LogP contribution is -3.11. The molecule has 12 heteroatoms. The van der Waals surface area contributed by atoms with Crippen LogP contribution in [0.4, 0.5) is 19.1 Å². The van der Waals surface area contributed by atoms with E-state index in [0.29, 0.717) is 12.2 Å². The second kappa shape index (κ2) is 10.5. The number of carboxylic acids is 1. The van der Waals surface area contributed by atoms with Gasteiger partial charge in [-0.1, -0.05) is 18.9 Å². The minimum atomic E-state index is -5.19. The monoisotopic (exact) mass is 473 g/mol. The number of rotatable bonds is 5. The third kappa shape index (κ3) is 6.01. The van der Waals surface area contributed by atoms with Gasteiger partial charge in [0.15, 0.2) is 5.52 Å². The zero-order valence-electron chi connectivity index (χ0n) is 18.0. The van der Waals surface area contributed by atoms with E-state index in [0.717, 1.165) is 63.5 Å². The van der Waals surface area contributed by atoms with Crippen molar-refractivity contribution in [3.63, 3.8) is 0 Å². The number of carbonyl (C=O) groups is 2. The van der Waals surface area contributed by atoms with E-state index in [4.69, 9.17) is 14.6 Å². The molecule has 2 aromatic rings. The highest BCUT2D eigenvalue weighted by Crippen LogP contribution is 2.36. The van der Waals surface area contributed by atoms with Crippen LogP contribution < -0.4 is 19.7 Å². The summed E-state index contributed by atoms with van der Waals surface area (Å²) in [5, 5.41) is 21.6. The van der Waals surface area contributed by atoms with Gasteiger partial charge < -0.3 is 25.1 Å². The predicted molar refractivity (Wildman–Crippen MR) is 107 cm³/mol. The number of carboxylic acid groups (broad SMARTS) is 1. The third-order valence-corrected chi connectivity index (χ3v) is 6.11. The number of morpholine rings is 1. The molecule has 1 saturated heterocycles. The number of aromatic nitrogens is 2. The zero-order valence-corrected chi connectivity index (χ0v) is 18.0. The smallest absolute Gasteiger partial charge is 0.457 e. The van der Waals surface area contributed by atoms with Crippen molar-refractivity contribution in [2.75, 3.05) is 39.5 Å². The van der Waals surface area contributed by atoms with Gasteiger partial charge in [-0.25, -0.2) is 4.90 Å². The van der Waals surface area contributed by atoms with Gasteiger partial charge in [0.25, 0.3) is 5.91 Å². The molecule has 9 nitrogen and oxygen atoms in total. The minimum Gasteiger partial charge on any atom is -0.542 e. The van der Waals surface area contributed by atoms with Crippen LogP contribution in [0.15, 0.2) is 24.4 Å². The number of amides is 1. The number of aliphatic hydroxyl groups excluding tert-OH is 1. The molecule has 0 atom stereocenters. The van der Waals surface area contributed by atoms with Crippen LogP contribution in [0.1, 0.15) is 36.2 Å². The molecule has 0 spiro atoms. The van der Waals surface area contributed by atoms with Crippen LogP contribution in [0, 0.1) is 5.41 Å². The molecule has 2 aliphatic rings. The highest BCUT2D eigenvalue weighted by Gasteiger charge is 2.36. The quantitative estimate of drug-likeness (QED) is 0.410. The molecular formula is C21H28F3N4O5+. The van der Waals surface area contributed by atoms with Crippen molar-refractivity contribution in [3.8, 4) is 0 Å². The first-order chi connectivity index (χ1) is 15.7. The van der Waals surface area contributed by atoms with Crippen molar-refractivity contribution in [3.05, 3.63) is 30.1 Å². The summed E-state index contributed by atoms with van der Waals surface area (Å²) in [4.78, 5) is 26.3. The average Bonchev–Trinajstić information content (AvgIpc) is 3.44. The maximum atomic E-state index is 12.9. The molecule has 1 saturated carbocycles. The van der Waals surface area contributed by atoms with Gasteiger partial charge in [0, 0.05) is 12.0 Å². The Bertz CT molecular complexity index is 966. The number of nitrogens with one attached hydrogen (secondary N) is 3. The van der Waals surface area contributed by atoms with Crippen molar-refractivity contribution < 1.29 is 47.0 Å². The molecule has 0 unspecified atom stereocenters. The number of hydrogen-bond acceptors (Lipinski definition) is 5. The fraction of sp³-hybridized carbons (Fsp3) is 0.571. The predicted octanol–water partition coefficient (Wildman–Crippen LogP) is -1.12. The second-order valence-corrected chi connectivity index (χ2v) is 8.35. The summed E-state index contributed by atoms with van der Waals surface area (Å²) in [5.41, 5.74) is 1.32. The van der Waals surface area contributed by atoms with Crippen LogP contribution in [-0.2, 0) is 9.53 Å². The Labute approximate surface area is 188 Å². The van der Waals surface area contributed by atoms with E-state index in [1.807, 2.05) is 24.4 Å². The number of aliphatic carboxylic acids is 1. The first kappa shape index (κ1) is 24.9. The number of alkyl halides is 3. The van der Waals surface area contributed by atoms with E-state index in [1.165, 1.54) is 4.90 Å². The Morgan fingerprint density at radius 1 is 1.24 bits per heavy atom. The van der Waals surface area contributed by atoms with Crippen LogP contribution in [0.2, 0.25) is 0 Å². The lowest BCUT2D eigenvalue weighted by atomic mass is 9.87. The standard InChI is InChI=1S/C19H26N4O3.C2HF3O2/c24-14-19(6-2-3-7-19)13-20-17(25)16-15-5-1-4-8-23(15)18(21-16)22-9-11-26-12-10-22;3-2(4,5)1(6)7/h1,4-5,8,24H,2-3,6-7,9-14H2,(H,20,25);(H,6,7)/p+1. The van der Waals surface area contributed by atoms with E-state index in [9.17, 15) is 23.1 Å². The number of imidazole rings is 1. The number of pyridine rings is 1. The molecular weight excluding hydrogens is 445 g/mol. The summed E-state index contributed by atoms with van der Waals surface area (Å²) in [6.45, 7) is 3.88. The lowest BCUT2D eigenvalue weighted by molar-refractivity contribution is -0.889. The Hall–Kier alpha value is -2.70. The van der Waals surface area contributed by atoms with Crippen molar-refractivity contribution >= 4 is 23.3 Å². The molecule has 0 aromatic carbocycles. The Kier molecular flexibility index (Phi) is 7.92. The summed E-state index contributed by atoms with van der Waals surface area (Å²) in [6.07, 6.45) is 1.01. The fourth-order valence-corrected chi connectivity index (χ4v) is 4.24. The zero-order chi connectivity index (χ0) is 24.1. The van der Waals surface area contributed by atoms with Crippen molar-refractivity contribution in [1.82, 2.24) is 10.3 Å². The molecule has 2 fully saturated rings. The van der Waals surface area contributed by atoms with Gasteiger partial charge in [0.05, 0.1) is 19.8 Å². The van der Waals surface area contributed by atoms with E-state index in [2.05, 4.69) is 14.7 Å². The molecule has 182 valence electrons. The van der Waals surface area contributed by atoms with Gasteiger partial charge in [-0.2, -0.15) is 18.2 Å². The molecule has 4 rings (SSSR count). The van der Waals surface area contributed by atoms with E-state index < -0.39 is 12.1 Å². The summed E-state index contributed by atoms with van der Waals surface area (Å²) in [6, 6.07) is 5.89. The molecule has 1 amide bonds. The summed E-state index contributed by atoms with van der Waals surface area (Å²) in [5.74, 6) is -2.12. The van der Waals surface area contributed by atoms with Crippen molar-refractivity contribution in [2.24, 2.45) is 5.41 Å². The Balaban J connectivity index is 0.000000383. The van der Waals surface area contributed by atoms with E-state index in [-0.39, 0.29) is 17.9 Å². The normalized spacial score (nSPS) is 18.5. The van der Waals surface area contributed by atoms with Gasteiger partial charge in [-0.05, 0) is 25.0 Å². The fourth-order valence-electron chi connectivity index (χ4n) is 4.24. The molecule has 4 N–H and O–H groups in total. The van der Waals surface area contributed by atoms with Crippen LogP contribution in [0.25, 0.3) is 5.52 Å². The molecule has 1 aliphatic carbocycles. The van der Waals surface area contributed by atoms with E-state index >= 15 is 0 Å². The van der Waals surface area contributed by atoms with Gasteiger partial charge >= 0.3 is 12.1 Å². The van der Waals surface area contributed by atoms with Gasteiger partial charge in [-0.15, -0.1) is 4.40 Å². The number of carbonyl (C=O) groups excluding carboxylic acids is 2. The number of nitrogens with zero attached hydrogens (tertiary/aromatic N) is 1. The van der Waals surface area contributed by atoms with Crippen LogP contribution in [-0.4, -0.2) is 67.6 Å². The van der Waals surface area contributed by atoms with E-state index in [1.54, 1.807) is 0 Å². The number of aliphatic hydroxyl groups is 1. The number of H-pyrrole nitrogens is 1.